The number of amides is 4. The van der Waals surface area contributed by atoms with Crippen LogP contribution in [0.3, 0.4) is 0 Å². The number of aliphatic hydroxyl groups excluding tert-OH is 1. The third kappa shape index (κ3) is 10.7. The Bertz CT molecular complexity index is 1840. The van der Waals surface area contributed by atoms with Crippen molar-refractivity contribution in [3.63, 3.8) is 0 Å². The first kappa shape index (κ1) is 39.1. The van der Waals surface area contributed by atoms with Crippen molar-refractivity contribution >= 4 is 40.5 Å². The lowest BCUT2D eigenvalue weighted by atomic mass is 9.84. The van der Waals surface area contributed by atoms with Crippen LogP contribution in [0, 0.1) is 11.8 Å². The molecule has 0 bridgehead atoms. The van der Waals surface area contributed by atoms with E-state index in [1.165, 1.54) is 18.2 Å². The zero-order valence-corrected chi connectivity index (χ0v) is 29.3. The molecule has 4 rings (SSSR count). The number of primary amides is 1. The first-order chi connectivity index (χ1) is 24.9. The number of hydrogen-bond donors (Lipinski definition) is 6. The topological polar surface area (TPSA) is 219 Å². The molecule has 1 unspecified atom stereocenters. The molecule has 8 N–H and O–H groups in total. The molecular weight excluding hydrogens is 666 g/mol. The van der Waals surface area contributed by atoms with Crippen LogP contribution in [0.15, 0.2) is 97.1 Å². The summed E-state index contributed by atoms with van der Waals surface area (Å²) in [6.45, 7) is 3.45. The van der Waals surface area contributed by atoms with Crippen molar-refractivity contribution in [2.75, 3.05) is 7.11 Å². The van der Waals surface area contributed by atoms with Crippen LogP contribution in [0.4, 0.5) is 4.79 Å². The van der Waals surface area contributed by atoms with E-state index in [2.05, 4.69) is 21.0 Å². The molecule has 14 heteroatoms. The van der Waals surface area contributed by atoms with Crippen LogP contribution in [-0.4, -0.2) is 76.2 Å². The highest BCUT2D eigenvalue weighted by atomic mass is 16.5. The fraction of sp³-hybridized carbons (Fsp3) is 0.316. The van der Waals surface area contributed by atoms with Gasteiger partial charge in [0.1, 0.15) is 17.9 Å². The molecular formula is C38H45N7O7. The van der Waals surface area contributed by atoms with Gasteiger partial charge in [-0.3, -0.25) is 24.6 Å². The Kier molecular flexibility index (Phi) is 13.9. The molecule has 0 saturated carbocycles. The maximum atomic E-state index is 14.4. The van der Waals surface area contributed by atoms with Gasteiger partial charge in [0.25, 0.3) is 11.8 Å². The molecule has 5 atom stereocenters. The second-order valence-corrected chi connectivity index (χ2v) is 12.7. The molecule has 4 amide bonds. The zero-order chi connectivity index (χ0) is 37.8. The first-order valence-corrected chi connectivity index (χ1v) is 16.8. The van der Waals surface area contributed by atoms with Gasteiger partial charge in [0.05, 0.1) is 37.1 Å². The lowest BCUT2D eigenvalue weighted by molar-refractivity contribution is -0.137. The Labute approximate surface area is 301 Å². The highest BCUT2D eigenvalue weighted by Gasteiger charge is 2.40. The van der Waals surface area contributed by atoms with E-state index >= 15 is 0 Å². The predicted octanol–water partition coefficient (Wildman–Crippen LogP) is 2.20. The molecule has 52 heavy (non-hydrogen) atoms. The fourth-order valence-corrected chi connectivity index (χ4v) is 5.72. The van der Waals surface area contributed by atoms with Gasteiger partial charge in [-0.2, -0.15) is 5.01 Å². The third-order valence-corrected chi connectivity index (χ3v) is 8.53. The van der Waals surface area contributed by atoms with Gasteiger partial charge < -0.3 is 31.9 Å². The van der Waals surface area contributed by atoms with Crippen molar-refractivity contribution in [2.45, 2.75) is 57.6 Å². The summed E-state index contributed by atoms with van der Waals surface area (Å²) in [4.78, 5) is 70.2. The summed E-state index contributed by atoms with van der Waals surface area (Å²) in [6.07, 6.45) is -4.51. The zero-order valence-electron chi connectivity index (χ0n) is 29.3. The standard InChI is InChI=1S/C38H45N7O7/c1-23(2)32(43-38(51)52-3)37(50)44-45(22-25-14-8-5-9-15-25)35(40)34(48)27(20-24-12-6-4-7-13-24)33(47)30(21-31(39)46)42-36(49)29-19-18-26-16-10-11-17-28(26)41-29/h4-19,23,27,30,32,34-35,48H,20-22,40H2,1-3H3,(H2,39,46)(H,42,49)(H,43,51)(H,44,50)/t27-,30+,32+,34+,35?/m1/s1. The smallest absolute Gasteiger partial charge is 0.407 e. The van der Waals surface area contributed by atoms with Crippen LogP contribution in [0.5, 0.6) is 0 Å². The molecule has 1 aromatic heterocycles. The second kappa shape index (κ2) is 18.5. The van der Waals surface area contributed by atoms with E-state index in [9.17, 15) is 29.1 Å². The van der Waals surface area contributed by atoms with Crippen LogP contribution in [0.25, 0.3) is 10.9 Å². The van der Waals surface area contributed by atoms with Crippen molar-refractivity contribution in [3.8, 4) is 0 Å². The van der Waals surface area contributed by atoms with E-state index in [-0.39, 0.29) is 24.6 Å². The van der Waals surface area contributed by atoms with E-state index in [4.69, 9.17) is 16.2 Å². The summed E-state index contributed by atoms with van der Waals surface area (Å²) in [7, 11) is 1.18. The molecule has 0 fully saturated rings. The lowest BCUT2D eigenvalue weighted by Gasteiger charge is -2.37. The minimum Gasteiger partial charge on any atom is -0.453 e. The molecule has 0 aliphatic heterocycles. The van der Waals surface area contributed by atoms with E-state index < -0.39 is 66.3 Å². The van der Waals surface area contributed by atoms with Crippen LogP contribution in [-0.2, 0) is 32.1 Å². The SMILES string of the molecule is COC(=O)N[C@H](C(=O)NN(Cc1ccccc1)C(N)[C@@H](O)[C@H](Cc1ccccc1)C(=O)[C@H](CC(N)=O)NC(=O)c1ccc2ccccc2n1)C(C)C. The molecule has 1 heterocycles. The summed E-state index contributed by atoms with van der Waals surface area (Å²) >= 11 is 0. The highest BCUT2D eigenvalue weighted by molar-refractivity contribution is 6.00. The highest BCUT2D eigenvalue weighted by Crippen LogP contribution is 2.22. The van der Waals surface area contributed by atoms with E-state index in [1.54, 1.807) is 86.6 Å². The number of nitrogens with zero attached hydrogens (tertiary/aromatic N) is 2. The number of aromatic nitrogens is 1. The number of pyridine rings is 1. The van der Waals surface area contributed by atoms with Gasteiger partial charge in [-0.25, -0.2) is 9.78 Å². The Morgan fingerprint density at radius 1 is 0.846 bits per heavy atom. The average Bonchev–Trinajstić information content (AvgIpc) is 3.14. The number of fused-ring (bicyclic) bond motifs is 1. The molecule has 14 nitrogen and oxygen atoms in total. The van der Waals surface area contributed by atoms with E-state index in [0.29, 0.717) is 16.6 Å². The number of alkyl carbamates (subject to hydrolysis) is 1. The third-order valence-electron chi connectivity index (χ3n) is 8.53. The predicted molar refractivity (Wildman–Crippen MR) is 194 cm³/mol. The van der Waals surface area contributed by atoms with Crippen molar-refractivity contribution in [1.82, 2.24) is 26.1 Å². The summed E-state index contributed by atoms with van der Waals surface area (Å²) in [5, 5.41) is 19.2. The van der Waals surface area contributed by atoms with Gasteiger partial charge in [-0.1, -0.05) is 98.8 Å². The normalized spacial score (nSPS) is 14.1. The number of nitrogens with two attached hydrogens (primary N) is 2. The Balaban J connectivity index is 1.68. The van der Waals surface area contributed by atoms with Crippen LogP contribution in [0.1, 0.15) is 41.9 Å². The number of nitrogens with one attached hydrogen (secondary N) is 3. The quantitative estimate of drug-likeness (QED) is 0.0693. The number of methoxy groups -OCH3 is 1. The Morgan fingerprint density at radius 2 is 1.46 bits per heavy atom. The molecule has 0 aliphatic carbocycles. The summed E-state index contributed by atoms with van der Waals surface area (Å²) in [5.74, 6) is -4.63. The number of ketones is 1. The number of rotatable bonds is 17. The van der Waals surface area contributed by atoms with Gasteiger partial charge in [0.2, 0.25) is 5.91 Å². The number of carbonyl (C=O) groups excluding carboxylic acids is 5. The molecule has 4 aromatic rings. The first-order valence-electron chi connectivity index (χ1n) is 16.8. The maximum Gasteiger partial charge on any atom is 0.407 e. The molecule has 0 radical (unpaired) electrons. The van der Waals surface area contributed by atoms with Gasteiger partial charge in [0.15, 0.2) is 5.78 Å². The minimum absolute atomic E-state index is 0.00478. The second-order valence-electron chi connectivity index (χ2n) is 12.7. The largest absolute Gasteiger partial charge is 0.453 e. The van der Waals surface area contributed by atoms with Gasteiger partial charge in [-0.15, -0.1) is 0 Å². The number of Topliss-reactive ketones (excluding diaryl/α,β-unsaturated/α-hetero) is 1. The molecule has 0 spiro atoms. The molecule has 0 saturated heterocycles. The van der Waals surface area contributed by atoms with Gasteiger partial charge >= 0.3 is 6.09 Å². The van der Waals surface area contributed by atoms with Gasteiger partial charge in [0, 0.05) is 11.9 Å². The summed E-state index contributed by atoms with van der Waals surface area (Å²) in [6, 6.07) is 25.7. The molecule has 0 aliphatic rings. The van der Waals surface area contributed by atoms with Crippen molar-refractivity contribution < 1.29 is 33.8 Å². The number of benzene rings is 3. The van der Waals surface area contributed by atoms with Crippen molar-refractivity contribution in [2.24, 2.45) is 23.3 Å². The summed E-state index contributed by atoms with van der Waals surface area (Å²) in [5.41, 5.74) is 16.9. The Morgan fingerprint density at radius 3 is 2.08 bits per heavy atom. The number of ether oxygens (including phenoxy) is 1. The summed E-state index contributed by atoms with van der Waals surface area (Å²) < 4.78 is 4.69. The van der Waals surface area contributed by atoms with Crippen molar-refractivity contribution in [1.29, 1.82) is 0 Å². The Hall–Kier alpha value is -5.70. The van der Waals surface area contributed by atoms with E-state index in [1.807, 2.05) is 18.2 Å². The minimum atomic E-state index is -1.67. The van der Waals surface area contributed by atoms with Crippen molar-refractivity contribution in [3.05, 3.63) is 114 Å². The monoisotopic (exact) mass is 711 g/mol. The number of aliphatic hydroxyl groups is 1. The number of para-hydroxylation sites is 1. The molecule has 274 valence electrons. The number of hydrogen-bond acceptors (Lipinski definition) is 10. The maximum absolute atomic E-state index is 14.4. The number of hydrazine groups is 1. The number of carbonyl (C=O) groups is 5. The fourth-order valence-electron chi connectivity index (χ4n) is 5.72. The van der Waals surface area contributed by atoms with E-state index in [0.717, 1.165) is 5.39 Å². The van der Waals surface area contributed by atoms with Gasteiger partial charge in [-0.05, 0) is 35.6 Å². The average molecular weight is 712 g/mol. The van der Waals surface area contributed by atoms with Crippen LogP contribution in [0.2, 0.25) is 0 Å². The van der Waals surface area contributed by atoms with Crippen LogP contribution >= 0.6 is 0 Å². The molecule has 3 aromatic carbocycles. The van der Waals surface area contributed by atoms with Crippen LogP contribution < -0.4 is 27.5 Å². The lowest BCUT2D eigenvalue weighted by Crippen LogP contribution is -2.63.